The van der Waals surface area contributed by atoms with Gasteiger partial charge in [0.15, 0.2) is 0 Å². The SMILES string of the molecule is CC(=O)N1C[C@H](C)CC[C@@H]1C(=O)O. The molecule has 0 spiro atoms. The number of aliphatic carboxylic acids is 1. The maximum Gasteiger partial charge on any atom is 0.326 e. The van der Waals surface area contributed by atoms with Gasteiger partial charge in [-0.2, -0.15) is 0 Å². The molecule has 0 bridgehead atoms. The Morgan fingerprint density at radius 3 is 2.46 bits per heavy atom. The van der Waals surface area contributed by atoms with Gasteiger partial charge < -0.3 is 10.0 Å². The van der Waals surface area contributed by atoms with Gasteiger partial charge in [-0.3, -0.25) is 4.79 Å². The summed E-state index contributed by atoms with van der Waals surface area (Å²) in [4.78, 5) is 23.4. The van der Waals surface area contributed by atoms with Crippen LogP contribution in [-0.4, -0.2) is 34.5 Å². The number of carboxylic acid groups (broad SMARTS) is 1. The first kappa shape index (κ1) is 10.0. The third-order valence-electron chi connectivity index (χ3n) is 2.51. The Balaban J connectivity index is 2.72. The van der Waals surface area contributed by atoms with Crippen molar-refractivity contribution in [2.75, 3.05) is 6.54 Å². The van der Waals surface area contributed by atoms with Crippen molar-refractivity contribution in [3.8, 4) is 0 Å². The molecule has 1 rings (SSSR count). The van der Waals surface area contributed by atoms with Crippen LogP contribution in [-0.2, 0) is 9.59 Å². The summed E-state index contributed by atoms with van der Waals surface area (Å²) >= 11 is 0. The first-order valence-electron chi connectivity index (χ1n) is 4.52. The van der Waals surface area contributed by atoms with Crippen molar-refractivity contribution >= 4 is 11.9 Å². The minimum atomic E-state index is -0.887. The van der Waals surface area contributed by atoms with E-state index in [4.69, 9.17) is 5.11 Å². The molecule has 1 heterocycles. The Morgan fingerprint density at radius 2 is 2.00 bits per heavy atom. The standard InChI is InChI=1S/C9H15NO3/c1-6-3-4-8(9(12)13)10(5-6)7(2)11/h6,8H,3-5H2,1-2H3,(H,12,13)/t6-,8-/m1/s1. The van der Waals surface area contributed by atoms with Gasteiger partial charge in [-0.05, 0) is 18.8 Å². The van der Waals surface area contributed by atoms with Crippen LogP contribution >= 0.6 is 0 Å². The van der Waals surface area contributed by atoms with E-state index in [0.717, 1.165) is 6.42 Å². The van der Waals surface area contributed by atoms with Crippen molar-refractivity contribution in [2.45, 2.75) is 32.7 Å². The molecule has 1 aliphatic heterocycles. The van der Waals surface area contributed by atoms with E-state index in [0.29, 0.717) is 18.9 Å². The second kappa shape index (κ2) is 3.77. The topological polar surface area (TPSA) is 57.6 Å². The number of nitrogens with zero attached hydrogens (tertiary/aromatic N) is 1. The average Bonchev–Trinajstić information content (AvgIpc) is 2.03. The normalized spacial score (nSPS) is 28.6. The molecule has 0 unspecified atom stereocenters. The van der Waals surface area contributed by atoms with Crippen LogP contribution in [0.15, 0.2) is 0 Å². The zero-order valence-electron chi connectivity index (χ0n) is 7.99. The van der Waals surface area contributed by atoms with Crippen molar-refractivity contribution < 1.29 is 14.7 Å². The second-order valence-corrected chi connectivity index (χ2v) is 3.71. The molecule has 1 aliphatic rings. The van der Waals surface area contributed by atoms with E-state index in [2.05, 4.69) is 0 Å². The highest BCUT2D eigenvalue weighted by molar-refractivity contribution is 5.82. The van der Waals surface area contributed by atoms with Crippen molar-refractivity contribution in [3.63, 3.8) is 0 Å². The van der Waals surface area contributed by atoms with Crippen LogP contribution in [0, 0.1) is 5.92 Å². The summed E-state index contributed by atoms with van der Waals surface area (Å²) in [7, 11) is 0. The van der Waals surface area contributed by atoms with Gasteiger partial charge in [0.2, 0.25) is 5.91 Å². The molecule has 1 fully saturated rings. The highest BCUT2D eigenvalue weighted by Gasteiger charge is 2.32. The molecule has 0 radical (unpaired) electrons. The van der Waals surface area contributed by atoms with Gasteiger partial charge in [-0.1, -0.05) is 6.92 Å². The quantitative estimate of drug-likeness (QED) is 0.654. The molecule has 0 aliphatic carbocycles. The monoisotopic (exact) mass is 185 g/mol. The zero-order chi connectivity index (χ0) is 10.0. The molecule has 0 saturated carbocycles. The second-order valence-electron chi connectivity index (χ2n) is 3.71. The molecular formula is C9H15NO3. The van der Waals surface area contributed by atoms with E-state index in [1.54, 1.807) is 0 Å². The summed E-state index contributed by atoms with van der Waals surface area (Å²) in [5, 5.41) is 8.85. The third-order valence-corrected chi connectivity index (χ3v) is 2.51. The van der Waals surface area contributed by atoms with Crippen molar-refractivity contribution in [1.29, 1.82) is 0 Å². The van der Waals surface area contributed by atoms with Gasteiger partial charge in [0.05, 0.1) is 0 Å². The zero-order valence-corrected chi connectivity index (χ0v) is 7.99. The summed E-state index contributed by atoms with van der Waals surface area (Å²) in [5.74, 6) is -0.611. The summed E-state index contributed by atoms with van der Waals surface area (Å²) in [6.45, 7) is 4.04. The number of hydrogen-bond acceptors (Lipinski definition) is 2. The summed E-state index contributed by atoms with van der Waals surface area (Å²) in [5.41, 5.74) is 0. The molecule has 74 valence electrons. The fraction of sp³-hybridized carbons (Fsp3) is 0.778. The lowest BCUT2D eigenvalue weighted by atomic mass is 9.94. The molecule has 0 aromatic heterocycles. The first-order valence-corrected chi connectivity index (χ1v) is 4.52. The molecular weight excluding hydrogens is 170 g/mol. The Labute approximate surface area is 77.5 Å². The molecule has 1 saturated heterocycles. The van der Waals surface area contributed by atoms with Crippen molar-refractivity contribution in [2.24, 2.45) is 5.92 Å². The largest absolute Gasteiger partial charge is 0.480 e. The number of hydrogen-bond donors (Lipinski definition) is 1. The van der Waals surface area contributed by atoms with Crippen molar-refractivity contribution in [1.82, 2.24) is 4.90 Å². The fourth-order valence-corrected chi connectivity index (χ4v) is 1.76. The molecule has 4 nitrogen and oxygen atoms in total. The molecule has 1 amide bonds. The van der Waals surface area contributed by atoms with E-state index >= 15 is 0 Å². The lowest BCUT2D eigenvalue weighted by Gasteiger charge is -2.35. The van der Waals surface area contributed by atoms with E-state index in [9.17, 15) is 9.59 Å². The van der Waals surface area contributed by atoms with Gasteiger partial charge in [-0.25, -0.2) is 4.79 Å². The lowest BCUT2D eigenvalue weighted by molar-refractivity contribution is -0.152. The highest BCUT2D eigenvalue weighted by atomic mass is 16.4. The average molecular weight is 185 g/mol. The lowest BCUT2D eigenvalue weighted by Crippen LogP contribution is -2.49. The van der Waals surface area contributed by atoms with E-state index in [1.807, 2.05) is 6.92 Å². The summed E-state index contributed by atoms with van der Waals surface area (Å²) < 4.78 is 0. The Hall–Kier alpha value is -1.06. The molecule has 2 atom stereocenters. The van der Waals surface area contributed by atoms with E-state index in [1.165, 1.54) is 11.8 Å². The number of carbonyl (C=O) groups is 2. The predicted molar refractivity (Wildman–Crippen MR) is 47.2 cm³/mol. The maximum absolute atomic E-state index is 11.1. The summed E-state index contributed by atoms with van der Waals surface area (Å²) in [6.07, 6.45) is 1.47. The van der Waals surface area contributed by atoms with Crippen LogP contribution in [0.1, 0.15) is 26.7 Å². The van der Waals surface area contributed by atoms with Gasteiger partial charge in [-0.15, -0.1) is 0 Å². The van der Waals surface area contributed by atoms with Crippen LogP contribution in [0.4, 0.5) is 0 Å². The van der Waals surface area contributed by atoms with Gasteiger partial charge in [0.25, 0.3) is 0 Å². The Bertz CT molecular complexity index is 227. The molecule has 0 aromatic carbocycles. The van der Waals surface area contributed by atoms with Crippen LogP contribution in [0.5, 0.6) is 0 Å². The van der Waals surface area contributed by atoms with Gasteiger partial charge >= 0.3 is 5.97 Å². The Kier molecular flexibility index (Phi) is 2.90. The highest BCUT2D eigenvalue weighted by Crippen LogP contribution is 2.21. The maximum atomic E-state index is 11.1. The van der Waals surface area contributed by atoms with Crippen LogP contribution in [0.2, 0.25) is 0 Å². The number of carboxylic acids is 1. The first-order chi connectivity index (χ1) is 6.02. The minimum absolute atomic E-state index is 0.140. The fourth-order valence-electron chi connectivity index (χ4n) is 1.76. The number of likely N-dealkylation sites (tertiary alicyclic amines) is 1. The molecule has 13 heavy (non-hydrogen) atoms. The van der Waals surface area contributed by atoms with E-state index < -0.39 is 12.0 Å². The Morgan fingerprint density at radius 1 is 1.38 bits per heavy atom. The number of rotatable bonds is 1. The number of carbonyl (C=O) groups excluding carboxylic acids is 1. The third kappa shape index (κ3) is 2.20. The summed E-state index contributed by atoms with van der Waals surface area (Å²) in [6, 6.07) is -0.603. The predicted octanol–water partition coefficient (Wildman–Crippen LogP) is 0.718. The van der Waals surface area contributed by atoms with E-state index in [-0.39, 0.29) is 5.91 Å². The van der Waals surface area contributed by atoms with Crippen molar-refractivity contribution in [3.05, 3.63) is 0 Å². The van der Waals surface area contributed by atoms with Crippen LogP contribution in [0.25, 0.3) is 0 Å². The van der Waals surface area contributed by atoms with Gasteiger partial charge in [0.1, 0.15) is 6.04 Å². The van der Waals surface area contributed by atoms with Gasteiger partial charge in [0, 0.05) is 13.5 Å². The molecule has 1 N–H and O–H groups in total. The van der Waals surface area contributed by atoms with Crippen LogP contribution < -0.4 is 0 Å². The minimum Gasteiger partial charge on any atom is -0.480 e. The smallest absolute Gasteiger partial charge is 0.326 e. The number of piperidine rings is 1. The number of amides is 1. The molecule has 4 heteroatoms. The van der Waals surface area contributed by atoms with Crippen LogP contribution in [0.3, 0.4) is 0 Å². The molecule has 0 aromatic rings.